The van der Waals surface area contributed by atoms with E-state index in [1.165, 1.54) is 0 Å². The van der Waals surface area contributed by atoms with Gasteiger partial charge in [-0.1, -0.05) is 12.1 Å². The second kappa shape index (κ2) is 6.44. The average Bonchev–Trinajstić information content (AvgIpc) is 2.53. The van der Waals surface area contributed by atoms with E-state index >= 15 is 0 Å². The Hall–Kier alpha value is -2.67. The Morgan fingerprint density at radius 2 is 1.88 bits per heavy atom. The Morgan fingerprint density at radius 3 is 2.67 bits per heavy atom. The summed E-state index contributed by atoms with van der Waals surface area (Å²) in [5.74, 6) is 1.29. The molecule has 1 aromatic carbocycles. The summed E-state index contributed by atoms with van der Waals surface area (Å²) >= 11 is 0. The minimum Gasteiger partial charge on any atom is -0.543 e. The van der Waals surface area contributed by atoms with Gasteiger partial charge in [0.25, 0.3) is 0 Å². The molecule has 0 unspecified atom stereocenters. The van der Waals surface area contributed by atoms with E-state index in [4.69, 9.17) is 4.43 Å². The molecule has 3 rings (SSSR count). The molecule has 3 aromatic rings. The van der Waals surface area contributed by atoms with Crippen LogP contribution < -0.4 is 4.43 Å². The summed E-state index contributed by atoms with van der Waals surface area (Å²) in [5, 5.41) is 0. The normalized spacial score (nSPS) is 12.0. The van der Waals surface area contributed by atoms with Gasteiger partial charge < -0.3 is 4.43 Å². The molecule has 0 fully saturated rings. The van der Waals surface area contributed by atoms with Crippen molar-refractivity contribution in [2.45, 2.75) is 26.6 Å². The molecule has 2 heterocycles. The summed E-state index contributed by atoms with van der Waals surface area (Å²) in [5.41, 5.74) is 3.07. The Labute approximate surface area is 141 Å². The number of aliphatic imine (C=N–C) groups is 1. The first-order valence-electron chi connectivity index (χ1n) is 7.69. The van der Waals surface area contributed by atoms with E-state index < -0.39 is 8.32 Å². The summed E-state index contributed by atoms with van der Waals surface area (Å²) in [6.07, 6.45) is 6.51. The summed E-state index contributed by atoms with van der Waals surface area (Å²) in [7, 11) is -1.72. The highest BCUT2D eigenvalue weighted by Crippen LogP contribution is 2.32. The van der Waals surface area contributed by atoms with Crippen LogP contribution in [0.1, 0.15) is 11.4 Å². The summed E-state index contributed by atoms with van der Waals surface area (Å²) in [6, 6.07) is 5.94. The van der Waals surface area contributed by atoms with Gasteiger partial charge in [0.05, 0.1) is 12.4 Å². The van der Waals surface area contributed by atoms with Crippen molar-refractivity contribution in [3.05, 3.63) is 48.2 Å². The van der Waals surface area contributed by atoms with Crippen LogP contribution in [0.3, 0.4) is 0 Å². The van der Waals surface area contributed by atoms with Crippen molar-refractivity contribution in [2.24, 2.45) is 4.99 Å². The fourth-order valence-corrected chi connectivity index (χ4v) is 3.00. The average molecular weight is 337 g/mol. The minimum atomic E-state index is -1.72. The number of fused-ring (bicyclic) bond motifs is 1. The van der Waals surface area contributed by atoms with Crippen LogP contribution in [0.4, 0.5) is 5.69 Å². The molecule has 24 heavy (non-hydrogen) atoms. The predicted octanol–water partition coefficient (Wildman–Crippen LogP) is 3.69. The Morgan fingerprint density at radius 1 is 1.08 bits per heavy atom. The molecule has 0 aliphatic rings. The first kappa shape index (κ1) is 16.2. The lowest BCUT2D eigenvalue weighted by molar-refractivity contribution is 0.558. The van der Waals surface area contributed by atoms with Gasteiger partial charge in [-0.3, -0.25) is 0 Å². The fourth-order valence-electron chi connectivity index (χ4n) is 2.18. The van der Waals surface area contributed by atoms with Crippen molar-refractivity contribution < 1.29 is 4.43 Å². The third kappa shape index (κ3) is 3.80. The molecule has 0 aliphatic carbocycles. The lowest BCUT2D eigenvalue weighted by Gasteiger charge is -2.21. The molecule has 7 heteroatoms. The van der Waals surface area contributed by atoms with E-state index in [9.17, 15) is 0 Å². The Bertz CT molecular complexity index is 905. The number of aromatic nitrogens is 4. The number of hydrogen-bond donors (Lipinski definition) is 0. The Balaban J connectivity index is 1.95. The third-order valence-electron chi connectivity index (χ3n) is 3.17. The van der Waals surface area contributed by atoms with Crippen molar-refractivity contribution >= 4 is 31.4 Å². The zero-order valence-electron chi connectivity index (χ0n) is 14.2. The highest BCUT2D eigenvalue weighted by molar-refractivity contribution is 6.70. The van der Waals surface area contributed by atoms with Crippen LogP contribution in [0.25, 0.3) is 11.2 Å². The maximum atomic E-state index is 6.13. The fraction of sp³-hybridized carbons (Fsp3) is 0.235. The SMILES string of the molecule is Cc1cccc(O[Si](C)(C)C)c1N=Cc1ncc2nccnc2n1. The lowest BCUT2D eigenvalue weighted by Crippen LogP contribution is -2.29. The number of aryl methyl sites for hydroxylation is 1. The van der Waals surface area contributed by atoms with Crippen LogP contribution in [-0.2, 0) is 0 Å². The molecule has 2 aromatic heterocycles. The second-order valence-corrected chi connectivity index (χ2v) is 10.8. The number of hydrogen-bond acceptors (Lipinski definition) is 6. The van der Waals surface area contributed by atoms with Gasteiger partial charge in [0.2, 0.25) is 8.32 Å². The van der Waals surface area contributed by atoms with Crippen molar-refractivity contribution in [1.29, 1.82) is 0 Å². The summed E-state index contributed by atoms with van der Waals surface area (Å²) < 4.78 is 6.13. The van der Waals surface area contributed by atoms with Crippen LogP contribution in [0.2, 0.25) is 19.6 Å². The number of para-hydroxylation sites is 1. The van der Waals surface area contributed by atoms with E-state index in [-0.39, 0.29) is 0 Å². The molecule has 6 nitrogen and oxygen atoms in total. The molecular weight excluding hydrogens is 318 g/mol. The highest BCUT2D eigenvalue weighted by Gasteiger charge is 2.18. The molecule has 122 valence electrons. The minimum absolute atomic E-state index is 0.491. The predicted molar refractivity (Wildman–Crippen MR) is 97.5 cm³/mol. The zero-order chi connectivity index (χ0) is 17.2. The molecule has 0 saturated heterocycles. The van der Waals surface area contributed by atoms with E-state index in [0.717, 1.165) is 17.0 Å². The first-order chi connectivity index (χ1) is 11.4. The second-order valence-electron chi connectivity index (χ2n) is 6.39. The van der Waals surface area contributed by atoms with E-state index in [2.05, 4.69) is 44.6 Å². The number of benzene rings is 1. The molecule has 0 aliphatic heterocycles. The third-order valence-corrected chi connectivity index (χ3v) is 4.00. The monoisotopic (exact) mass is 337 g/mol. The van der Waals surface area contributed by atoms with Gasteiger partial charge in [0.15, 0.2) is 11.5 Å². The van der Waals surface area contributed by atoms with E-state index in [1.54, 1.807) is 24.8 Å². The van der Waals surface area contributed by atoms with Crippen LogP contribution in [-0.4, -0.2) is 34.5 Å². The van der Waals surface area contributed by atoms with Crippen LogP contribution in [0.15, 0.2) is 41.8 Å². The molecule has 0 atom stereocenters. The van der Waals surface area contributed by atoms with Crippen molar-refractivity contribution in [3.63, 3.8) is 0 Å². The maximum Gasteiger partial charge on any atom is 0.242 e. The van der Waals surface area contributed by atoms with Gasteiger partial charge in [-0.2, -0.15) is 0 Å². The highest BCUT2D eigenvalue weighted by atomic mass is 28.4. The standard InChI is InChI=1S/C17H19N5OSi/c1-12-6-5-7-14(23-24(2,3)4)16(12)21-11-15-20-10-13-17(22-15)19-9-8-18-13/h5-11H,1-4H3. The van der Waals surface area contributed by atoms with Gasteiger partial charge in [0.1, 0.15) is 17.0 Å². The molecule has 0 saturated carbocycles. The molecule has 0 bridgehead atoms. The Kier molecular flexibility index (Phi) is 4.35. The van der Waals surface area contributed by atoms with Crippen LogP contribution in [0, 0.1) is 6.92 Å². The van der Waals surface area contributed by atoms with Gasteiger partial charge in [0, 0.05) is 12.4 Å². The smallest absolute Gasteiger partial charge is 0.242 e. The van der Waals surface area contributed by atoms with Gasteiger partial charge in [-0.05, 0) is 38.2 Å². The lowest BCUT2D eigenvalue weighted by atomic mass is 10.2. The molecule has 0 amide bonds. The summed E-state index contributed by atoms with van der Waals surface area (Å²) in [6.45, 7) is 8.45. The number of rotatable bonds is 4. The molecular formula is C17H19N5OSi. The summed E-state index contributed by atoms with van der Waals surface area (Å²) in [4.78, 5) is 21.5. The van der Waals surface area contributed by atoms with Gasteiger partial charge in [-0.15, -0.1) is 0 Å². The first-order valence-corrected chi connectivity index (χ1v) is 11.1. The number of nitrogens with zero attached hydrogens (tertiary/aromatic N) is 5. The largest absolute Gasteiger partial charge is 0.543 e. The molecule has 0 spiro atoms. The quantitative estimate of drug-likeness (QED) is 0.536. The van der Waals surface area contributed by atoms with Crippen LogP contribution in [0.5, 0.6) is 5.75 Å². The van der Waals surface area contributed by atoms with Crippen molar-refractivity contribution in [1.82, 2.24) is 19.9 Å². The van der Waals surface area contributed by atoms with E-state index in [1.807, 2.05) is 25.1 Å². The van der Waals surface area contributed by atoms with Crippen molar-refractivity contribution in [3.8, 4) is 5.75 Å². The maximum absolute atomic E-state index is 6.13. The topological polar surface area (TPSA) is 73.2 Å². The van der Waals surface area contributed by atoms with Crippen LogP contribution >= 0.6 is 0 Å². The van der Waals surface area contributed by atoms with Gasteiger partial charge in [-0.25, -0.2) is 24.9 Å². The van der Waals surface area contributed by atoms with E-state index in [0.29, 0.717) is 17.0 Å². The molecule has 0 radical (unpaired) electrons. The zero-order valence-corrected chi connectivity index (χ0v) is 15.2. The van der Waals surface area contributed by atoms with Gasteiger partial charge >= 0.3 is 0 Å². The molecule has 0 N–H and O–H groups in total. The van der Waals surface area contributed by atoms with Crippen molar-refractivity contribution in [2.75, 3.05) is 0 Å².